The van der Waals surface area contributed by atoms with Crippen LogP contribution in [-0.4, -0.2) is 17.1 Å². The summed E-state index contributed by atoms with van der Waals surface area (Å²) < 4.78 is 10.9. The molecule has 0 amide bonds. The molecule has 0 radical (unpaired) electrons. The minimum atomic E-state index is 0.532. The molecule has 5 heteroatoms. The van der Waals surface area contributed by atoms with Crippen LogP contribution >= 0.6 is 0 Å². The first-order valence-electron chi connectivity index (χ1n) is 6.22. The van der Waals surface area contributed by atoms with Gasteiger partial charge in [0, 0.05) is 11.6 Å². The van der Waals surface area contributed by atoms with E-state index >= 15 is 0 Å². The Morgan fingerprint density at radius 1 is 1.21 bits per heavy atom. The van der Waals surface area contributed by atoms with Gasteiger partial charge in [0.15, 0.2) is 5.75 Å². The summed E-state index contributed by atoms with van der Waals surface area (Å²) in [7, 11) is 1.60. The van der Waals surface area contributed by atoms with Gasteiger partial charge in [0.25, 0.3) is 0 Å². The summed E-state index contributed by atoms with van der Waals surface area (Å²) in [6.45, 7) is 0. The largest absolute Gasteiger partial charge is 0.497 e. The molecular weight excluding hydrogens is 242 g/mol. The van der Waals surface area contributed by atoms with E-state index in [9.17, 15) is 0 Å². The number of nitrogens with two attached hydrogens (primary N) is 1. The molecule has 0 unspecified atom stereocenters. The van der Waals surface area contributed by atoms with Crippen LogP contribution in [0.25, 0.3) is 0 Å². The number of aromatic nitrogens is 2. The second-order valence-electron chi connectivity index (χ2n) is 4.46. The average Bonchev–Trinajstić information content (AvgIpc) is 2.90. The van der Waals surface area contributed by atoms with E-state index in [1.54, 1.807) is 25.6 Å². The van der Waals surface area contributed by atoms with E-state index in [4.69, 9.17) is 15.2 Å². The first-order chi connectivity index (χ1) is 9.28. The zero-order valence-electron chi connectivity index (χ0n) is 10.7. The summed E-state index contributed by atoms with van der Waals surface area (Å²) in [6, 6.07) is 5.33. The molecule has 0 saturated carbocycles. The van der Waals surface area contributed by atoms with Crippen LogP contribution in [0.5, 0.6) is 17.4 Å². The molecule has 1 aliphatic carbocycles. The number of nitrogen functional groups attached to an aromatic ring is 1. The monoisotopic (exact) mass is 257 g/mol. The molecule has 2 N–H and O–H groups in total. The highest BCUT2D eigenvalue weighted by Gasteiger charge is 2.19. The number of fused-ring (bicyclic) bond motifs is 1. The smallest absolute Gasteiger partial charge is 0.225 e. The number of methoxy groups -OCH3 is 1. The second kappa shape index (κ2) is 4.76. The molecule has 0 atom stereocenters. The Kier molecular flexibility index (Phi) is 2.95. The molecule has 1 aromatic heterocycles. The fourth-order valence-electron chi connectivity index (χ4n) is 2.27. The summed E-state index contributed by atoms with van der Waals surface area (Å²) >= 11 is 0. The zero-order valence-corrected chi connectivity index (χ0v) is 10.7. The van der Waals surface area contributed by atoms with Gasteiger partial charge in [-0.05, 0) is 31.4 Å². The lowest BCUT2D eigenvalue weighted by Gasteiger charge is -2.11. The lowest BCUT2D eigenvalue weighted by Crippen LogP contribution is -1.99. The van der Waals surface area contributed by atoms with Gasteiger partial charge in [0.1, 0.15) is 12.1 Å². The van der Waals surface area contributed by atoms with Gasteiger partial charge in [0.2, 0.25) is 5.88 Å². The van der Waals surface area contributed by atoms with Crippen molar-refractivity contribution in [1.82, 2.24) is 9.97 Å². The third kappa shape index (κ3) is 2.19. The van der Waals surface area contributed by atoms with Crippen molar-refractivity contribution in [2.24, 2.45) is 0 Å². The van der Waals surface area contributed by atoms with Gasteiger partial charge in [-0.25, -0.2) is 9.97 Å². The average molecular weight is 257 g/mol. The predicted octanol–water partition coefficient (Wildman–Crippen LogP) is 2.35. The molecule has 98 valence electrons. The fraction of sp³-hybridized carbons (Fsp3) is 0.286. The molecular formula is C14H15N3O2. The minimum Gasteiger partial charge on any atom is -0.497 e. The number of rotatable bonds is 3. The van der Waals surface area contributed by atoms with Crippen LogP contribution in [-0.2, 0) is 12.8 Å². The minimum absolute atomic E-state index is 0.532. The summed E-state index contributed by atoms with van der Waals surface area (Å²) in [5, 5.41) is 0. The van der Waals surface area contributed by atoms with E-state index in [1.807, 2.05) is 6.07 Å². The van der Waals surface area contributed by atoms with Crippen molar-refractivity contribution in [2.75, 3.05) is 12.8 Å². The molecule has 1 heterocycles. The number of anilines is 1. The maximum Gasteiger partial charge on any atom is 0.225 e. The van der Waals surface area contributed by atoms with Crippen molar-refractivity contribution in [2.45, 2.75) is 19.3 Å². The topological polar surface area (TPSA) is 70.3 Å². The van der Waals surface area contributed by atoms with E-state index in [2.05, 4.69) is 9.97 Å². The molecule has 3 rings (SSSR count). The molecule has 0 fully saturated rings. The van der Waals surface area contributed by atoms with Gasteiger partial charge in [0.05, 0.1) is 18.5 Å². The maximum absolute atomic E-state index is 5.94. The van der Waals surface area contributed by atoms with Gasteiger partial charge in [-0.3, -0.25) is 0 Å². The molecule has 5 nitrogen and oxygen atoms in total. The molecule has 2 aromatic rings. The number of benzene rings is 1. The third-order valence-corrected chi connectivity index (χ3v) is 3.26. The summed E-state index contributed by atoms with van der Waals surface area (Å²) in [4.78, 5) is 8.48. The summed E-state index contributed by atoms with van der Waals surface area (Å²) in [5.41, 5.74) is 8.65. The number of hydrogen-bond donors (Lipinski definition) is 1. The molecule has 0 bridgehead atoms. The van der Waals surface area contributed by atoms with Crippen LogP contribution in [0, 0.1) is 0 Å². The molecule has 1 aromatic carbocycles. The third-order valence-electron chi connectivity index (χ3n) is 3.26. The van der Waals surface area contributed by atoms with Gasteiger partial charge < -0.3 is 15.2 Å². The quantitative estimate of drug-likeness (QED) is 0.855. The number of ether oxygens (including phenoxy) is 2. The van der Waals surface area contributed by atoms with Crippen molar-refractivity contribution < 1.29 is 9.47 Å². The van der Waals surface area contributed by atoms with Gasteiger partial charge in [-0.2, -0.15) is 0 Å². The Morgan fingerprint density at radius 2 is 2.11 bits per heavy atom. The number of nitrogens with zero attached hydrogens (tertiary/aromatic N) is 2. The van der Waals surface area contributed by atoms with Crippen molar-refractivity contribution in [1.29, 1.82) is 0 Å². The van der Waals surface area contributed by atoms with Crippen LogP contribution in [0.4, 0.5) is 5.69 Å². The molecule has 1 aliphatic rings. The van der Waals surface area contributed by atoms with Crippen molar-refractivity contribution in [3.63, 3.8) is 0 Å². The predicted molar refractivity (Wildman–Crippen MR) is 71.5 cm³/mol. The Hall–Kier alpha value is -2.30. The van der Waals surface area contributed by atoms with Gasteiger partial charge >= 0.3 is 0 Å². The molecule has 19 heavy (non-hydrogen) atoms. The highest BCUT2D eigenvalue weighted by atomic mass is 16.5. The number of hydrogen-bond acceptors (Lipinski definition) is 5. The zero-order chi connectivity index (χ0) is 13.2. The first-order valence-corrected chi connectivity index (χ1v) is 6.22. The summed E-state index contributed by atoms with van der Waals surface area (Å²) in [6.07, 6.45) is 4.59. The van der Waals surface area contributed by atoms with Crippen LogP contribution < -0.4 is 15.2 Å². The van der Waals surface area contributed by atoms with E-state index in [0.717, 1.165) is 30.5 Å². The standard InChI is InChI=1S/C14H15N3O2/c1-18-9-5-6-13(11(15)7-9)19-14-10-3-2-4-12(10)16-8-17-14/h5-8H,2-4,15H2,1H3. The van der Waals surface area contributed by atoms with Crippen LogP contribution in [0.2, 0.25) is 0 Å². The maximum atomic E-state index is 5.94. The van der Waals surface area contributed by atoms with Gasteiger partial charge in [-0.1, -0.05) is 0 Å². The van der Waals surface area contributed by atoms with E-state index < -0.39 is 0 Å². The van der Waals surface area contributed by atoms with Crippen molar-refractivity contribution in [3.05, 3.63) is 35.8 Å². The lowest BCUT2D eigenvalue weighted by atomic mass is 10.2. The normalized spacial score (nSPS) is 13.1. The van der Waals surface area contributed by atoms with Crippen molar-refractivity contribution in [3.8, 4) is 17.4 Å². The number of aryl methyl sites for hydroxylation is 1. The van der Waals surface area contributed by atoms with Gasteiger partial charge in [-0.15, -0.1) is 0 Å². The van der Waals surface area contributed by atoms with Crippen LogP contribution in [0.3, 0.4) is 0 Å². The molecule has 0 spiro atoms. The Bertz CT molecular complexity index is 614. The SMILES string of the molecule is COc1ccc(Oc2ncnc3c2CCC3)c(N)c1. The molecule has 0 aliphatic heterocycles. The highest BCUT2D eigenvalue weighted by molar-refractivity contribution is 5.57. The Balaban J connectivity index is 1.92. The van der Waals surface area contributed by atoms with Crippen LogP contribution in [0.15, 0.2) is 24.5 Å². The second-order valence-corrected chi connectivity index (χ2v) is 4.46. The van der Waals surface area contributed by atoms with Crippen molar-refractivity contribution >= 4 is 5.69 Å². The Morgan fingerprint density at radius 3 is 2.89 bits per heavy atom. The lowest BCUT2D eigenvalue weighted by molar-refractivity contribution is 0.412. The Labute approximate surface area is 111 Å². The fourth-order valence-corrected chi connectivity index (χ4v) is 2.27. The highest BCUT2D eigenvalue weighted by Crippen LogP contribution is 2.34. The van der Waals surface area contributed by atoms with E-state index in [1.165, 1.54) is 0 Å². The van der Waals surface area contributed by atoms with E-state index in [0.29, 0.717) is 23.1 Å². The molecule has 0 saturated heterocycles. The summed E-state index contributed by atoms with van der Waals surface area (Å²) in [5.74, 6) is 1.91. The first kappa shape index (κ1) is 11.8. The van der Waals surface area contributed by atoms with E-state index in [-0.39, 0.29) is 0 Å². The van der Waals surface area contributed by atoms with Crippen LogP contribution in [0.1, 0.15) is 17.7 Å².